The molecule has 0 aliphatic carbocycles. The van der Waals surface area contributed by atoms with E-state index in [9.17, 15) is 9.50 Å². The van der Waals surface area contributed by atoms with Crippen molar-refractivity contribution in [3.63, 3.8) is 0 Å². The molecule has 0 heterocycles. The van der Waals surface area contributed by atoms with Crippen LogP contribution in [0.5, 0.6) is 0 Å². The van der Waals surface area contributed by atoms with Crippen molar-refractivity contribution in [2.45, 2.75) is 38.8 Å². The van der Waals surface area contributed by atoms with Gasteiger partial charge in [-0.15, -0.1) is 0 Å². The number of aliphatic hydroxyl groups is 1. The molecule has 0 radical (unpaired) electrons. The Balaban J connectivity index is 2.43. The second-order valence-electron chi connectivity index (χ2n) is 4.60. The molecule has 0 saturated carbocycles. The van der Waals surface area contributed by atoms with Gasteiger partial charge in [-0.1, -0.05) is 31.0 Å². The van der Waals surface area contributed by atoms with Crippen molar-refractivity contribution in [1.82, 2.24) is 5.32 Å². The fraction of sp³-hybridized carbons (Fsp3) is 0.538. The molecule has 2 N–H and O–H groups in total. The van der Waals surface area contributed by atoms with E-state index in [1.54, 1.807) is 19.1 Å². The lowest BCUT2D eigenvalue weighted by molar-refractivity contribution is 0.0498. The van der Waals surface area contributed by atoms with Crippen LogP contribution in [0.3, 0.4) is 0 Å². The van der Waals surface area contributed by atoms with E-state index in [0.29, 0.717) is 13.1 Å². The van der Waals surface area contributed by atoms with Crippen LogP contribution in [-0.2, 0) is 6.54 Å². The molecule has 1 rings (SSSR count). The van der Waals surface area contributed by atoms with Gasteiger partial charge in [0.05, 0.1) is 10.6 Å². The molecule has 0 fully saturated rings. The molecule has 0 bridgehead atoms. The molecule has 0 saturated heterocycles. The second kappa shape index (κ2) is 6.34. The van der Waals surface area contributed by atoms with E-state index in [1.165, 1.54) is 6.07 Å². The van der Waals surface area contributed by atoms with Crippen molar-refractivity contribution in [2.24, 2.45) is 0 Å². The van der Waals surface area contributed by atoms with E-state index in [1.807, 2.05) is 6.92 Å². The van der Waals surface area contributed by atoms with Gasteiger partial charge < -0.3 is 10.4 Å². The van der Waals surface area contributed by atoms with Gasteiger partial charge in [0, 0.05) is 13.1 Å². The average molecular weight is 260 g/mol. The van der Waals surface area contributed by atoms with Crippen molar-refractivity contribution in [2.75, 3.05) is 6.54 Å². The highest BCUT2D eigenvalue weighted by Crippen LogP contribution is 2.16. The summed E-state index contributed by atoms with van der Waals surface area (Å²) in [6.45, 7) is 4.92. The van der Waals surface area contributed by atoms with Crippen LogP contribution in [-0.4, -0.2) is 17.3 Å². The van der Waals surface area contributed by atoms with Gasteiger partial charge in [0.2, 0.25) is 0 Å². The van der Waals surface area contributed by atoms with E-state index in [2.05, 4.69) is 5.32 Å². The number of hydrogen-bond donors (Lipinski definition) is 2. The SMILES string of the molecule is CCCC(C)(O)CNCc1ccc(F)c(Cl)c1. The largest absolute Gasteiger partial charge is 0.389 e. The molecule has 1 atom stereocenters. The van der Waals surface area contributed by atoms with Crippen LogP contribution in [0.2, 0.25) is 5.02 Å². The molecule has 1 aromatic rings. The Morgan fingerprint density at radius 1 is 1.47 bits per heavy atom. The molecule has 96 valence electrons. The maximum absolute atomic E-state index is 12.9. The minimum Gasteiger partial charge on any atom is -0.389 e. The van der Waals surface area contributed by atoms with Crippen molar-refractivity contribution >= 4 is 11.6 Å². The topological polar surface area (TPSA) is 32.3 Å². The van der Waals surface area contributed by atoms with E-state index in [-0.39, 0.29) is 5.02 Å². The lowest BCUT2D eigenvalue weighted by Gasteiger charge is -2.23. The first kappa shape index (κ1) is 14.4. The first-order valence-corrected chi connectivity index (χ1v) is 6.19. The molecule has 1 unspecified atom stereocenters. The van der Waals surface area contributed by atoms with E-state index >= 15 is 0 Å². The fourth-order valence-electron chi connectivity index (χ4n) is 1.75. The Morgan fingerprint density at radius 2 is 2.18 bits per heavy atom. The Bertz CT molecular complexity index is 368. The third kappa shape index (κ3) is 5.02. The first-order chi connectivity index (χ1) is 7.94. The van der Waals surface area contributed by atoms with Gasteiger partial charge in [0.25, 0.3) is 0 Å². The van der Waals surface area contributed by atoms with E-state index in [4.69, 9.17) is 11.6 Å². The summed E-state index contributed by atoms with van der Waals surface area (Å²) < 4.78 is 12.9. The summed E-state index contributed by atoms with van der Waals surface area (Å²) in [5.41, 5.74) is 0.210. The lowest BCUT2D eigenvalue weighted by Crippen LogP contribution is -2.37. The van der Waals surface area contributed by atoms with Crippen LogP contribution >= 0.6 is 11.6 Å². The molecule has 4 heteroatoms. The quantitative estimate of drug-likeness (QED) is 0.823. The Labute approximate surface area is 107 Å². The minimum absolute atomic E-state index is 0.129. The number of hydrogen-bond acceptors (Lipinski definition) is 2. The van der Waals surface area contributed by atoms with E-state index < -0.39 is 11.4 Å². The minimum atomic E-state index is -0.696. The zero-order valence-corrected chi connectivity index (χ0v) is 11.0. The summed E-state index contributed by atoms with van der Waals surface area (Å²) in [4.78, 5) is 0. The van der Waals surface area contributed by atoms with Crippen molar-refractivity contribution < 1.29 is 9.50 Å². The average Bonchev–Trinajstić information content (AvgIpc) is 2.23. The van der Waals surface area contributed by atoms with Crippen molar-refractivity contribution in [3.8, 4) is 0 Å². The molecule has 0 aliphatic heterocycles. The number of nitrogens with one attached hydrogen (secondary N) is 1. The molecular formula is C13H19ClFNO. The summed E-state index contributed by atoms with van der Waals surface area (Å²) in [6, 6.07) is 4.63. The second-order valence-corrected chi connectivity index (χ2v) is 5.01. The highest BCUT2D eigenvalue weighted by molar-refractivity contribution is 6.30. The molecule has 0 spiro atoms. The fourth-order valence-corrected chi connectivity index (χ4v) is 1.96. The Hall–Kier alpha value is -0.640. The van der Waals surface area contributed by atoms with Crippen LogP contribution in [0.1, 0.15) is 32.3 Å². The van der Waals surface area contributed by atoms with Crippen molar-refractivity contribution in [3.05, 3.63) is 34.6 Å². The molecule has 0 amide bonds. The molecule has 17 heavy (non-hydrogen) atoms. The molecule has 1 aromatic carbocycles. The lowest BCUT2D eigenvalue weighted by atomic mass is 10.0. The monoisotopic (exact) mass is 259 g/mol. The highest BCUT2D eigenvalue weighted by atomic mass is 35.5. The smallest absolute Gasteiger partial charge is 0.141 e. The van der Waals surface area contributed by atoms with Gasteiger partial charge in [-0.05, 0) is 31.0 Å². The normalized spacial score (nSPS) is 14.6. The van der Waals surface area contributed by atoms with Gasteiger partial charge >= 0.3 is 0 Å². The summed E-state index contributed by atoms with van der Waals surface area (Å²) in [5.74, 6) is -0.409. The molecule has 0 aliphatic rings. The van der Waals surface area contributed by atoms with Gasteiger partial charge in [-0.25, -0.2) is 4.39 Å². The van der Waals surface area contributed by atoms with Gasteiger partial charge in [-0.2, -0.15) is 0 Å². The number of rotatable bonds is 6. The van der Waals surface area contributed by atoms with Crippen LogP contribution in [0.4, 0.5) is 4.39 Å². The molecular weight excluding hydrogens is 241 g/mol. The Kier molecular flexibility index (Phi) is 5.37. The summed E-state index contributed by atoms with van der Waals surface area (Å²) >= 11 is 5.68. The van der Waals surface area contributed by atoms with E-state index in [0.717, 1.165) is 18.4 Å². The van der Waals surface area contributed by atoms with Gasteiger partial charge in [0.1, 0.15) is 5.82 Å². The third-order valence-electron chi connectivity index (χ3n) is 2.61. The van der Waals surface area contributed by atoms with Crippen LogP contribution in [0.25, 0.3) is 0 Å². The number of benzene rings is 1. The highest BCUT2D eigenvalue weighted by Gasteiger charge is 2.17. The predicted molar refractivity (Wildman–Crippen MR) is 68.6 cm³/mol. The van der Waals surface area contributed by atoms with Crippen LogP contribution in [0.15, 0.2) is 18.2 Å². The standard InChI is InChI=1S/C13H19ClFNO/c1-3-6-13(2,17)9-16-8-10-4-5-12(15)11(14)7-10/h4-5,7,16-17H,3,6,8-9H2,1-2H3. The molecule has 2 nitrogen and oxygen atoms in total. The van der Waals surface area contributed by atoms with Gasteiger partial charge in [0.15, 0.2) is 0 Å². The van der Waals surface area contributed by atoms with Crippen LogP contribution in [0, 0.1) is 5.82 Å². The summed E-state index contributed by atoms with van der Waals surface area (Å²) in [5, 5.41) is 13.2. The third-order valence-corrected chi connectivity index (χ3v) is 2.90. The number of halogens is 2. The maximum atomic E-state index is 12.9. The van der Waals surface area contributed by atoms with Crippen LogP contribution < -0.4 is 5.32 Å². The predicted octanol–water partition coefficient (Wildman–Crippen LogP) is 3.12. The zero-order valence-electron chi connectivity index (χ0n) is 10.3. The zero-order chi connectivity index (χ0) is 12.9. The summed E-state index contributed by atoms with van der Waals surface area (Å²) in [7, 11) is 0. The van der Waals surface area contributed by atoms with Crippen molar-refractivity contribution in [1.29, 1.82) is 0 Å². The summed E-state index contributed by atoms with van der Waals surface area (Å²) in [6.07, 6.45) is 1.70. The van der Waals surface area contributed by atoms with Gasteiger partial charge in [-0.3, -0.25) is 0 Å². The maximum Gasteiger partial charge on any atom is 0.141 e. The first-order valence-electron chi connectivity index (χ1n) is 5.81. The Morgan fingerprint density at radius 3 is 2.76 bits per heavy atom. The molecule has 0 aromatic heterocycles.